The summed E-state index contributed by atoms with van der Waals surface area (Å²) in [4.78, 5) is 10.5. The molecule has 5 nitrogen and oxygen atoms in total. The van der Waals surface area contributed by atoms with Gasteiger partial charge in [0.25, 0.3) is 0 Å². The number of aliphatic hydroxyl groups is 1. The van der Waals surface area contributed by atoms with Crippen molar-refractivity contribution in [1.82, 2.24) is 5.01 Å². The van der Waals surface area contributed by atoms with E-state index in [0.29, 0.717) is 6.42 Å². The van der Waals surface area contributed by atoms with Crippen LogP contribution in [0.4, 0.5) is 0 Å². The Balaban J connectivity index is 2.68. The van der Waals surface area contributed by atoms with Gasteiger partial charge in [0, 0.05) is 0 Å². The number of benzene rings is 1. The second-order valence-electron chi connectivity index (χ2n) is 3.36. The van der Waals surface area contributed by atoms with E-state index in [1.54, 1.807) is 0 Å². The third-order valence-electron chi connectivity index (χ3n) is 2.28. The number of nitriles is 1. The van der Waals surface area contributed by atoms with Crippen molar-refractivity contribution in [2.45, 2.75) is 12.5 Å². The monoisotopic (exact) mass is 219 g/mol. The van der Waals surface area contributed by atoms with Crippen molar-refractivity contribution < 1.29 is 5.11 Å². The molecule has 0 bridgehead atoms. The molecular formula is C11H13N3O2. The molecule has 0 aliphatic carbocycles. The minimum absolute atomic E-state index is 0.110. The second-order valence-corrected chi connectivity index (χ2v) is 3.36. The number of hydrogen-bond acceptors (Lipinski definition) is 4. The standard InChI is InChI=1S/C11H13N3O2/c12-6-7-14(13-16)11(9-15)8-10-4-2-1-3-5-10/h1-5,11,15H,7-9H2. The van der Waals surface area contributed by atoms with Gasteiger partial charge < -0.3 is 5.11 Å². The molecule has 1 unspecified atom stereocenters. The fourth-order valence-corrected chi connectivity index (χ4v) is 1.45. The molecule has 84 valence electrons. The smallest absolute Gasteiger partial charge is 0.126 e. The molecule has 0 amide bonds. The Morgan fingerprint density at radius 2 is 2.12 bits per heavy atom. The lowest BCUT2D eigenvalue weighted by Gasteiger charge is -2.22. The van der Waals surface area contributed by atoms with Gasteiger partial charge in [0.1, 0.15) is 6.54 Å². The molecule has 16 heavy (non-hydrogen) atoms. The second kappa shape index (κ2) is 6.53. The molecular weight excluding hydrogens is 206 g/mol. The average Bonchev–Trinajstić information content (AvgIpc) is 2.35. The highest BCUT2D eigenvalue weighted by Gasteiger charge is 2.17. The molecule has 0 fully saturated rings. The summed E-state index contributed by atoms with van der Waals surface area (Å²) in [5, 5.41) is 21.5. The van der Waals surface area contributed by atoms with E-state index in [-0.39, 0.29) is 13.2 Å². The van der Waals surface area contributed by atoms with Crippen LogP contribution in [0.2, 0.25) is 0 Å². The van der Waals surface area contributed by atoms with Gasteiger partial charge in [0.05, 0.1) is 24.0 Å². The Morgan fingerprint density at radius 1 is 1.44 bits per heavy atom. The zero-order chi connectivity index (χ0) is 11.8. The van der Waals surface area contributed by atoms with Gasteiger partial charge in [-0.15, -0.1) is 4.91 Å². The Hall–Kier alpha value is -1.93. The molecule has 0 saturated carbocycles. The molecule has 1 aromatic rings. The number of rotatable bonds is 6. The van der Waals surface area contributed by atoms with Crippen molar-refractivity contribution in [2.24, 2.45) is 5.29 Å². The van der Waals surface area contributed by atoms with Crippen LogP contribution in [0.5, 0.6) is 0 Å². The number of aliphatic hydroxyl groups excluding tert-OH is 1. The van der Waals surface area contributed by atoms with Crippen LogP contribution in [0.15, 0.2) is 35.6 Å². The lowest BCUT2D eigenvalue weighted by molar-refractivity contribution is 0.137. The molecule has 5 heteroatoms. The summed E-state index contributed by atoms with van der Waals surface area (Å²) < 4.78 is 0. The average molecular weight is 219 g/mol. The van der Waals surface area contributed by atoms with E-state index in [2.05, 4.69) is 5.29 Å². The number of nitrogens with zero attached hydrogens (tertiary/aromatic N) is 3. The first-order chi connectivity index (χ1) is 7.81. The van der Waals surface area contributed by atoms with Gasteiger partial charge in [-0.1, -0.05) is 30.3 Å². The highest BCUT2D eigenvalue weighted by molar-refractivity contribution is 5.16. The molecule has 1 rings (SSSR count). The van der Waals surface area contributed by atoms with E-state index < -0.39 is 6.04 Å². The first-order valence-corrected chi connectivity index (χ1v) is 4.93. The van der Waals surface area contributed by atoms with Crippen LogP contribution in [0.25, 0.3) is 0 Å². The Labute approximate surface area is 93.9 Å². The quantitative estimate of drug-likeness (QED) is 0.441. The predicted octanol–water partition coefficient (Wildman–Crippen LogP) is 1.10. The van der Waals surface area contributed by atoms with Crippen molar-refractivity contribution in [2.75, 3.05) is 13.2 Å². The van der Waals surface area contributed by atoms with Gasteiger partial charge in [-0.3, -0.25) is 0 Å². The summed E-state index contributed by atoms with van der Waals surface area (Å²) in [6, 6.07) is 10.9. The minimum atomic E-state index is -0.445. The van der Waals surface area contributed by atoms with Crippen molar-refractivity contribution in [1.29, 1.82) is 5.26 Å². The molecule has 1 aromatic carbocycles. The normalized spacial score (nSPS) is 11.5. The lowest BCUT2D eigenvalue weighted by atomic mass is 10.1. The van der Waals surface area contributed by atoms with Crippen molar-refractivity contribution >= 4 is 0 Å². The first-order valence-electron chi connectivity index (χ1n) is 4.93. The predicted molar refractivity (Wildman–Crippen MR) is 59.1 cm³/mol. The highest BCUT2D eigenvalue weighted by atomic mass is 16.3. The maximum Gasteiger partial charge on any atom is 0.126 e. The van der Waals surface area contributed by atoms with Gasteiger partial charge in [-0.05, 0) is 12.0 Å². The third kappa shape index (κ3) is 3.33. The van der Waals surface area contributed by atoms with Gasteiger partial charge >= 0.3 is 0 Å². The SMILES string of the molecule is N#CCN(N=O)C(CO)Cc1ccccc1. The van der Waals surface area contributed by atoms with Crippen LogP contribution in [-0.2, 0) is 6.42 Å². The summed E-state index contributed by atoms with van der Waals surface area (Å²) >= 11 is 0. The summed E-state index contributed by atoms with van der Waals surface area (Å²) in [6.07, 6.45) is 0.491. The van der Waals surface area contributed by atoms with Gasteiger partial charge in [0.15, 0.2) is 0 Å². The van der Waals surface area contributed by atoms with E-state index in [4.69, 9.17) is 10.4 Å². The fourth-order valence-electron chi connectivity index (χ4n) is 1.45. The van der Waals surface area contributed by atoms with Crippen LogP contribution in [-0.4, -0.2) is 29.3 Å². The van der Waals surface area contributed by atoms with Crippen molar-refractivity contribution in [3.63, 3.8) is 0 Å². The third-order valence-corrected chi connectivity index (χ3v) is 2.28. The zero-order valence-corrected chi connectivity index (χ0v) is 8.78. The highest BCUT2D eigenvalue weighted by Crippen LogP contribution is 2.08. The van der Waals surface area contributed by atoms with E-state index in [9.17, 15) is 4.91 Å². The first kappa shape index (κ1) is 12.1. The maximum absolute atomic E-state index is 10.5. The van der Waals surface area contributed by atoms with Gasteiger partial charge in [-0.2, -0.15) is 5.26 Å². The van der Waals surface area contributed by atoms with Crippen LogP contribution in [0, 0.1) is 16.2 Å². The fraction of sp³-hybridized carbons (Fsp3) is 0.364. The van der Waals surface area contributed by atoms with Gasteiger partial charge in [-0.25, -0.2) is 5.01 Å². The molecule has 0 radical (unpaired) electrons. The van der Waals surface area contributed by atoms with E-state index in [0.717, 1.165) is 10.6 Å². The molecule has 0 saturated heterocycles. The Kier molecular flexibility index (Phi) is 4.96. The largest absolute Gasteiger partial charge is 0.394 e. The Bertz CT molecular complexity index is 361. The van der Waals surface area contributed by atoms with Crippen LogP contribution in [0.3, 0.4) is 0 Å². The van der Waals surface area contributed by atoms with Crippen molar-refractivity contribution in [3.8, 4) is 6.07 Å². The molecule has 1 atom stereocenters. The number of nitroso groups, excluding NO2 is 1. The maximum atomic E-state index is 10.5. The van der Waals surface area contributed by atoms with E-state index in [1.807, 2.05) is 36.4 Å². The molecule has 0 heterocycles. The van der Waals surface area contributed by atoms with E-state index in [1.165, 1.54) is 0 Å². The van der Waals surface area contributed by atoms with E-state index >= 15 is 0 Å². The zero-order valence-electron chi connectivity index (χ0n) is 8.78. The molecule has 0 aromatic heterocycles. The molecule has 0 aliphatic heterocycles. The minimum Gasteiger partial charge on any atom is -0.394 e. The summed E-state index contributed by atoms with van der Waals surface area (Å²) in [5.41, 5.74) is 0.994. The topological polar surface area (TPSA) is 76.7 Å². The van der Waals surface area contributed by atoms with Crippen molar-refractivity contribution in [3.05, 3.63) is 40.8 Å². The van der Waals surface area contributed by atoms with Crippen LogP contribution >= 0.6 is 0 Å². The van der Waals surface area contributed by atoms with Crippen LogP contribution in [0.1, 0.15) is 5.56 Å². The van der Waals surface area contributed by atoms with Crippen LogP contribution < -0.4 is 0 Å². The molecule has 0 aliphatic rings. The Morgan fingerprint density at radius 3 is 2.62 bits per heavy atom. The lowest BCUT2D eigenvalue weighted by Crippen LogP contribution is -2.35. The summed E-state index contributed by atoms with van der Waals surface area (Å²) in [5.74, 6) is 0. The number of hydrogen-bond donors (Lipinski definition) is 1. The molecule has 1 N–H and O–H groups in total. The summed E-state index contributed by atoms with van der Waals surface area (Å²) in [6.45, 7) is -0.316. The summed E-state index contributed by atoms with van der Waals surface area (Å²) in [7, 11) is 0. The van der Waals surface area contributed by atoms with Gasteiger partial charge in [0.2, 0.25) is 0 Å². The molecule has 0 spiro atoms.